The summed E-state index contributed by atoms with van der Waals surface area (Å²) < 4.78 is 18.7. The van der Waals surface area contributed by atoms with Crippen molar-refractivity contribution < 1.29 is 13.9 Å². The van der Waals surface area contributed by atoms with Gasteiger partial charge in [-0.15, -0.1) is 0 Å². The van der Waals surface area contributed by atoms with Gasteiger partial charge in [0.2, 0.25) is 0 Å². The summed E-state index contributed by atoms with van der Waals surface area (Å²) in [7, 11) is 0. The van der Waals surface area contributed by atoms with Crippen molar-refractivity contribution in [3.63, 3.8) is 0 Å². The van der Waals surface area contributed by atoms with E-state index in [1.807, 2.05) is 27.7 Å². The van der Waals surface area contributed by atoms with Crippen LogP contribution in [0.4, 0.5) is 14.9 Å². The summed E-state index contributed by atoms with van der Waals surface area (Å²) in [6.45, 7) is 8.45. The molecule has 1 atom stereocenters. The average molecular weight is 280 g/mol. The lowest BCUT2D eigenvalue weighted by atomic mass is 10.1. The van der Waals surface area contributed by atoms with Gasteiger partial charge in [-0.05, 0) is 45.4 Å². The molecule has 0 fully saturated rings. The van der Waals surface area contributed by atoms with E-state index in [0.29, 0.717) is 13.1 Å². The van der Waals surface area contributed by atoms with Crippen molar-refractivity contribution in [3.8, 4) is 0 Å². The molecule has 0 saturated heterocycles. The van der Waals surface area contributed by atoms with Gasteiger partial charge in [-0.3, -0.25) is 4.90 Å². The van der Waals surface area contributed by atoms with E-state index in [2.05, 4.69) is 5.32 Å². The Bertz CT molecular complexity index is 511. The van der Waals surface area contributed by atoms with E-state index >= 15 is 0 Å². The molecule has 4 nitrogen and oxygen atoms in total. The third-order valence-electron chi connectivity index (χ3n) is 3.16. The zero-order chi connectivity index (χ0) is 14.9. The lowest BCUT2D eigenvalue weighted by Gasteiger charge is -2.30. The maximum Gasteiger partial charge on any atom is 0.410 e. The summed E-state index contributed by atoms with van der Waals surface area (Å²) in [5.41, 5.74) is 1.10. The Kier molecular flexibility index (Phi) is 3.88. The fraction of sp³-hybridized carbons (Fsp3) is 0.533. The number of anilines is 1. The molecule has 110 valence electrons. The number of carbonyl (C=O) groups excluding carboxylic acids is 1. The number of benzene rings is 1. The topological polar surface area (TPSA) is 41.6 Å². The van der Waals surface area contributed by atoms with E-state index in [9.17, 15) is 9.18 Å². The van der Waals surface area contributed by atoms with Gasteiger partial charge in [0.25, 0.3) is 0 Å². The summed E-state index contributed by atoms with van der Waals surface area (Å²) in [4.78, 5) is 13.9. The van der Waals surface area contributed by atoms with Gasteiger partial charge in [0.05, 0.1) is 6.54 Å². The van der Waals surface area contributed by atoms with Crippen LogP contribution >= 0.6 is 0 Å². The molecule has 0 aliphatic carbocycles. The fourth-order valence-electron chi connectivity index (χ4n) is 2.12. The molecule has 2 rings (SSSR count). The zero-order valence-corrected chi connectivity index (χ0v) is 12.4. The molecule has 1 N–H and O–H groups in total. The monoisotopic (exact) mass is 280 g/mol. The molecule has 5 heteroatoms. The normalized spacial score (nSPS) is 18.9. The lowest BCUT2D eigenvalue weighted by molar-refractivity contribution is 0.0172. The van der Waals surface area contributed by atoms with Gasteiger partial charge in [0.15, 0.2) is 0 Å². The highest BCUT2D eigenvalue weighted by atomic mass is 19.1. The number of halogens is 1. The van der Waals surface area contributed by atoms with Gasteiger partial charge in [-0.2, -0.15) is 0 Å². The average Bonchev–Trinajstić information content (AvgIpc) is 2.47. The van der Waals surface area contributed by atoms with Crippen LogP contribution in [0.15, 0.2) is 18.2 Å². The van der Waals surface area contributed by atoms with E-state index in [4.69, 9.17) is 4.74 Å². The van der Waals surface area contributed by atoms with Crippen LogP contribution < -0.4 is 5.32 Å². The number of ether oxygens (including phenoxy) is 1. The molecule has 1 unspecified atom stereocenters. The number of hydrogen-bond acceptors (Lipinski definition) is 3. The Morgan fingerprint density at radius 2 is 2.15 bits per heavy atom. The van der Waals surface area contributed by atoms with Crippen LogP contribution in [-0.2, 0) is 11.3 Å². The van der Waals surface area contributed by atoms with Crippen LogP contribution in [0, 0.1) is 5.82 Å². The molecule has 1 aromatic rings. The molecule has 0 radical (unpaired) electrons. The minimum atomic E-state index is -0.526. The SMILES string of the molecule is CC1CNc2cc(F)ccc2CN1C(=O)OC(C)(C)C. The molecule has 0 aromatic heterocycles. The summed E-state index contributed by atoms with van der Waals surface area (Å²) in [6, 6.07) is 4.54. The van der Waals surface area contributed by atoms with Gasteiger partial charge in [0, 0.05) is 18.3 Å². The van der Waals surface area contributed by atoms with Crippen LogP contribution in [0.3, 0.4) is 0 Å². The van der Waals surface area contributed by atoms with E-state index in [-0.39, 0.29) is 18.0 Å². The minimum Gasteiger partial charge on any atom is -0.444 e. The Morgan fingerprint density at radius 3 is 2.80 bits per heavy atom. The zero-order valence-electron chi connectivity index (χ0n) is 12.4. The molecule has 1 aliphatic rings. The molecule has 0 saturated carbocycles. The maximum absolute atomic E-state index is 13.3. The molecular formula is C15H21FN2O2. The number of nitrogens with one attached hydrogen (secondary N) is 1. The number of amides is 1. The van der Waals surface area contributed by atoms with E-state index in [0.717, 1.165) is 11.3 Å². The molecule has 1 aromatic carbocycles. The van der Waals surface area contributed by atoms with Crippen molar-refractivity contribution in [2.75, 3.05) is 11.9 Å². The molecule has 1 heterocycles. The van der Waals surface area contributed by atoms with Crippen LogP contribution in [0.5, 0.6) is 0 Å². The molecular weight excluding hydrogens is 259 g/mol. The summed E-state index contributed by atoms with van der Waals surface area (Å²) >= 11 is 0. The van der Waals surface area contributed by atoms with Crippen molar-refractivity contribution >= 4 is 11.8 Å². The number of rotatable bonds is 0. The highest BCUT2D eigenvalue weighted by Gasteiger charge is 2.28. The number of fused-ring (bicyclic) bond motifs is 1. The minimum absolute atomic E-state index is 0.0275. The van der Waals surface area contributed by atoms with Gasteiger partial charge in [-0.1, -0.05) is 6.07 Å². The van der Waals surface area contributed by atoms with E-state index in [1.165, 1.54) is 12.1 Å². The van der Waals surface area contributed by atoms with E-state index in [1.54, 1.807) is 11.0 Å². The fourth-order valence-corrected chi connectivity index (χ4v) is 2.12. The van der Waals surface area contributed by atoms with Crippen molar-refractivity contribution in [1.82, 2.24) is 4.90 Å². The number of carbonyl (C=O) groups is 1. The van der Waals surface area contributed by atoms with Gasteiger partial charge < -0.3 is 10.1 Å². The van der Waals surface area contributed by atoms with Gasteiger partial charge >= 0.3 is 6.09 Å². The van der Waals surface area contributed by atoms with E-state index < -0.39 is 5.60 Å². The largest absolute Gasteiger partial charge is 0.444 e. The first-order valence-electron chi connectivity index (χ1n) is 6.78. The van der Waals surface area contributed by atoms with Crippen LogP contribution in [-0.4, -0.2) is 29.2 Å². The highest BCUT2D eigenvalue weighted by Crippen LogP contribution is 2.24. The number of hydrogen-bond donors (Lipinski definition) is 1. The summed E-state index contributed by atoms with van der Waals surface area (Å²) in [5.74, 6) is -0.283. The van der Waals surface area contributed by atoms with Gasteiger partial charge in [0.1, 0.15) is 11.4 Å². The Hall–Kier alpha value is -1.78. The molecule has 0 spiro atoms. The first kappa shape index (κ1) is 14.6. The predicted octanol–water partition coefficient (Wildman–Crippen LogP) is 3.38. The molecule has 0 bridgehead atoms. The summed E-state index contributed by atoms with van der Waals surface area (Å²) in [6.07, 6.45) is -0.344. The third kappa shape index (κ3) is 3.40. The predicted molar refractivity (Wildman–Crippen MR) is 76.1 cm³/mol. The van der Waals surface area contributed by atoms with Crippen molar-refractivity contribution in [2.24, 2.45) is 0 Å². The maximum atomic E-state index is 13.3. The van der Waals surface area contributed by atoms with Crippen LogP contribution in [0.2, 0.25) is 0 Å². The Labute approximate surface area is 118 Å². The first-order valence-corrected chi connectivity index (χ1v) is 6.78. The second-order valence-corrected chi connectivity index (χ2v) is 6.14. The third-order valence-corrected chi connectivity index (χ3v) is 3.16. The van der Waals surface area contributed by atoms with Crippen molar-refractivity contribution in [2.45, 2.75) is 45.9 Å². The van der Waals surface area contributed by atoms with Crippen molar-refractivity contribution in [1.29, 1.82) is 0 Å². The number of nitrogens with zero attached hydrogens (tertiary/aromatic N) is 1. The Balaban J connectivity index is 2.22. The van der Waals surface area contributed by atoms with Crippen molar-refractivity contribution in [3.05, 3.63) is 29.6 Å². The van der Waals surface area contributed by atoms with Crippen LogP contribution in [0.25, 0.3) is 0 Å². The second kappa shape index (κ2) is 5.31. The quantitative estimate of drug-likeness (QED) is 0.792. The smallest absolute Gasteiger partial charge is 0.410 e. The molecule has 1 aliphatic heterocycles. The molecule has 1 amide bonds. The second-order valence-electron chi connectivity index (χ2n) is 6.14. The summed E-state index contributed by atoms with van der Waals surface area (Å²) in [5, 5.41) is 3.17. The highest BCUT2D eigenvalue weighted by molar-refractivity contribution is 5.70. The standard InChI is InChI=1S/C15H21FN2O2/c1-10-8-17-13-7-12(16)6-5-11(13)9-18(10)14(19)20-15(2,3)4/h5-7,10,17H,8-9H2,1-4H3. The lowest BCUT2D eigenvalue weighted by Crippen LogP contribution is -2.43. The first-order chi connectivity index (χ1) is 9.26. The molecule has 20 heavy (non-hydrogen) atoms. The van der Waals surface area contributed by atoms with Gasteiger partial charge in [-0.25, -0.2) is 9.18 Å². The Morgan fingerprint density at radius 1 is 1.45 bits per heavy atom. The van der Waals surface area contributed by atoms with Crippen LogP contribution in [0.1, 0.15) is 33.3 Å².